The molecule has 1 aromatic heterocycles. The van der Waals surface area contributed by atoms with E-state index in [-0.39, 0.29) is 18.0 Å². The molecular formula is C28H29F4N3O3. The number of carbonyl (C=O) groups excluding carboxylic acids is 1. The number of amides is 1. The molecule has 0 saturated heterocycles. The van der Waals surface area contributed by atoms with Gasteiger partial charge in [0.25, 0.3) is 0 Å². The zero-order valence-corrected chi connectivity index (χ0v) is 20.9. The maximum atomic E-state index is 14.0. The van der Waals surface area contributed by atoms with Crippen LogP contribution in [0, 0.1) is 5.92 Å². The van der Waals surface area contributed by atoms with Gasteiger partial charge in [0, 0.05) is 22.7 Å². The zero-order chi connectivity index (χ0) is 27.0. The molecule has 1 aliphatic carbocycles. The zero-order valence-electron chi connectivity index (χ0n) is 20.9. The molecule has 5 rings (SSSR count). The Bertz CT molecular complexity index is 1360. The smallest absolute Gasteiger partial charge is 0.419 e. The summed E-state index contributed by atoms with van der Waals surface area (Å²) in [4.78, 5) is 16.2. The SMILES string of the molecule is CCC1OC(c2ccc(OC(CF)CC3CC3)c(C(F)(F)F)c2)=N[C@@H]1c1cccc2c1ccn2CC(N)=O. The number of aromatic nitrogens is 1. The van der Waals surface area contributed by atoms with Crippen molar-refractivity contribution in [3.05, 3.63) is 65.4 Å². The average molecular weight is 532 g/mol. The van der Waals surface area contributed by atoms with Gasteiger partial charge >= 0.3 is 6.18 Å². The lowest BCUT2D eigenvalue weighted by Crippen LogP contribution is -2.22. The van der Waals surface area contributed by atoms with Crippen molar-refractivity contribution in [2.24, 2.45) is 16.6 Å². The Morgan fingerprint density at radius 3 is 2.68 bits per heavy atom. The number of primary amides is 1. The van der Waals surface area contributed by atoms with Crippen LogP contribution in [-0.2, 0) is 22.3 Å². The van der Waals surface area contributed by atoms with E-state index in [4.69, 9.17) is 20.2 Å². The normalized spacial score (nSPS) is 20.3. The first-order valence-corrected chi connectivity index (χ1v) is 12.7. The van der Waals surface area contributed by atoms with Gasteiger partial charge < -0.3 is 19.8 Å². The largest absolute Gasteiger partial charge is 0.487 e. The van der Waals surface area contributed by atoms with Crippen LogP contribution in [0.25, 0.3) is 10.9 Å². The summed E-state index contributed by atoms with van der Waals surface area (Å²) in [5, 5.41) is 0.860. The topological polar surface area (TPSA) is 78.8 Å². The molecular weight excluding hydrogens is 502 g/mol. The molecule has 2 heterocycles. The molecule has 1 amide bonds. The Labute approximate surface area is 217 Å². The lowest BCUT2D eigenvalue weighted by Gasteiger charge is -2.20. The number of halogens is 4. The number of benzene rings is 2. The van der Waals surface area contributed by atoms with Gasteiger partial charge in [-0.2, -0.15) is 13.2 Å². The summed E-state index contributed by atoms with van der Waals surface area (Å²) in [5.41, 5.74) is 6.19. The molecule has 202 valence electrons. The summed E-state index contributed by atoms with van der Waals surface area (Å²) in [5.74, 6) is -0.451. The summed E-state index contributed by atoms with van der Waals surface area (Å²) >= 11 is 0. The fourth-order valence-corrected chi connectivity index (χ4v) is 5.01. The highest BCUT2D eigenvalue weighted by atomic mass is 19.4. The van der Waals surface area contributed by atoms with Crippen molar-refractivity contribution in [1.29, 1.82) is 0 Å². The number of rotatable bonds is 10. The number of fused-ring (bicyclic) bond motifs is 1. The molecule has 1 saturated carbocycles. The van der Waals surface area contributed by atoms with E-state index in [0.717, 1.165) is 35.4 Å². The monoisotopic (exact) mass is 531 g/mol. The van der Waals surface area contributed by atoms with Crippen LogP contribution in [0.2, 0.25) is 0 Å². The Hall–Kier alpha value is -3.56. The Balaban J connectivity index is 1.48. The molecule has 6 nitrogen and oxygen atoms in total. The number of hydrogen-bond acceptors (Lipinski definition) is 4. The molecule has 2 N–H and O–H groups in total. The average Bonchev–Trinajstić information content (AvgIpc) is 3.45. The number of alkyl halides is 4. The molecule has 10 heteroatoms. The van der Waals surface area contributed by atoms with Gasteiger partial charge in [-0.1, -0.05) is 31.9 Å². The number of carbonyl (C=O) groups is 1. The highest BCUT2D eigenvalue weighted by molar-refractivity contribution is 5.96. The second kappa shape index (κ2) is 10.3. The Kier molecular flexibility index (Phi) is 7.07. The molecule has 38 heavy (non-hydrogen) atoms. The number of nitrogens with two attached hydrogens (primary N) is 1. The van der Waals surface area contributed by atoms with E-state index in [1.165, 1.54) is 12.1 Å². The van der Waals surface area contributed by atoms with Crippen molar-refractivity contribution in [1.82, 2.24) is 4.57 Å². The van der Waals surface area contributed by atoms with Crippen LogP contribution >= 0.6 is 0 Å². The molecule has 1 fully saturated rings. The molecule has 1 aliphatic heterocycles. The van der Waals surface area contributed by atoms with Crippen molar-refractivity contribution in [3.63, 3.8) is 0 Å². The van der Waals surface area contributed by atoms with E-state index in [1.54, 1.807) is 10.8 Å². The first-order chi connectivity index (χ1) is 18.2. The predicted molar refractivity (Wildman–Crippen MR) is 135 cm³/mol. The van der Waals surface area contributed by atoms with Crippen molar-refractivity contribution in [3.8, 4) is 5.75 Å². The fraction of sp³-hybridized carbons (Fsp3) is 0.429. The van der Waals surface area contributed by atoms with Crippen molar-refractivity contribution in [2.45, 2.75) is 63.6 Å². The summed E-state index contributed by atoms with van der Waals surface area (Å²) in [6.45, 7) is 1.10. The third-order valence-corrected chi connectivity index (χ3v) is 7.06. The molecule has 0 spiro atoms. The van der Waals surface area contributed by atoms with E-state index in [0.29, 0.717) is 18.8 Å². The predicted octanol–water partition coefficient (Wildman–Crippen LogP) is 5.96. The van der Waals surface area contributed by atoms with Crippen LogP contribution < -0.4 is 10.5 Å². The van der Waals surface area contributed by atoms with Gasteiger partial charge in [0.05, 0.1) is 5.56 Å². The molecule has 0 radical (unpaired) electrons. The van der Waals surface area contributed by atoms with Gasteiger partial charge in [-0.05, 0) is 54.7 Å². The molecule has 3 aromatic rings. The number of nitrogens with zero attached hydrogens (tertiary/aromatic N) is 2. The minimum Gasteiger partial charge on any atom is -0.487 e. The number of aliphatic imine (C=N–C) groups is 1. The quantitative estimate of drug-likeness (QED) is 0.328. The van der Waals surface area contributed by atoms with Crippen LogP contribution in [0.1, 0.15) is 55.3 Å². The van der Waals surface area contributed by atoms with E-state index in [1.807, 2.05) is 31.2 Å². The van der Waals surface area contributed by atoms with E-state index in [2.05, 4.69) is 0 Å². The summed E-state index contributed by atoms with van der Waals surface area (Å²) in [6, 6.07) is 10.7. The third-order valence-electron chi connectivity index (χ3n) is 7.06. The van der Waals surface area contributed by atoms with Crippen LogP contribution in [0.15, 0.2) is 53.7 Å². The number of ether oxygens (including phenoxy) is 2. The van der Waals surface area contributed by atoms with Crippen LogP contribution in [0.3, 0.4) is 0 Å². The van der Waals surface area contributed by atoms with Gasteiger partial charge in [-0.15, -0.1) is 0 Å². The fourth-order valence-electron chi connectivity index (χ4n) is 5.01. The molecule has 2 unspecified atom stereocenters. The summed E-state index contributed by atoms with van der Waals surface area (Å²) < 4.78 is 68.8. The van der Waals surface area contributed by atoms with Crippen LogP contribution in [0.5, 0.6) is 5.75 Å². The van der Waals surface area contributed by atoms with Gasteiger partial charge in [0.1, 0.15) is 37.2 Å². The number of hydrogen-bond donors (Lipinski definition) is 1. The van der Waals surface area contributed by atoms with E-state index in [9.17, 15) is 22.4 Å². The first kappa shape index (κ1) is 26.1. The standard InChI is InChI=1S/C28H29F4N3O3/c1-2-23-26(20-4-3-5-22-19(20)10-11-35(22)15-25(33)36)34-27(38-23)17-8-9-24(21(13-17)28(30,31)32)37-18(14-29)12-16-6-7-16/h3-5,8-11,13,16,18,23,26H,2,6-7,12,14-15H2,1H3,(H2,33,36)/t18?,23?,26-/m1/s1. The van der Waals surface area contributed by atoms with Gasteiger partial charge in [-0.25, -0.2) is 9.38 Å². The lowest BCUT2D eigenvalue weighted by atomic mass is 9.97. The highest BCUT2D eigenvalue weighted by Crippen LogP contribution is 2.41. The van der Waals surface area contributed by atoms with Gasteiger partial charge in [0.15, 0.2) is 0 Å². The second-order valence-corrected chi connectivity index (χ2v) is 9.92. The summed E-state index contributed by atoms with van der Waals surface area (Å²) in [6.07, 6.45) is -1.37. The highest BCUT2D eigenvalue weighted by Gasteiger charge is 2.38. The van der Waals surface area contributed by atoms with Crippen LogP contribution in [0.4, 0.5) is 17.6 Å². The van der Waals surface area contributed by atoms with E-state index >= 15 is 0 Å². The minimum absolute atomic E-state index is 0.0262. The van der Waals surface area contributed by atoms with Crippen LogP contribution in [-0.4, -0.2) is 35.3 Å². The van der Waals surface area contributed by atoms with Crippen molar-refractivity contribution >= 4 is 22.7 Å². The molecule has 2 aromatic carbocycles. The molecule has 2 aliphatic rings. The maximum absolute atomic E-state index is 14.0. The minimum atomic E-state index is -4.70. The Morgan fingerprint density at radius 1 is 1.24 bits per heavy atom. The van der Waals surface area contributed by atoms with E-state index < -0.39 is 48.3 Å². The van der Waals surface area contributed by atoms with Gasteiger partial charge in [-0.3, -0.25) is 4.79 Å². The second-order valence-electron chi connectivity index (χ2n) is 9.92. The maximum Gasteiger partial charge on any atom is 0.419 e. The molecule has 3 atom stereocenters. The van der Waals surface area contributed by atoms with Crippen molar-refractivity contribution < 1.29 is 31.8 Å². The lowest BCUT2D eigenvalue weighted by molar-refractivity contribution is -0.139. The third kappa shape index (κ3) is 5.35. The van der Waals surface area contributed by atoms with Gasteiger partial charge in [0.2, 0.25) is 11.8 Å². The Morgan fingerprint density at radius 2 is 2.03 bits per heavy atom. The van der Waals surface area contributed by atoms with Crippen molar-refractivity contribution in [2.75, 3.05) is 6.67 Å². The molecule has 0 bridgehead atoms. The summed E-state index contributed by atoms with van der Waals surface area (Å²) in [7, 11) is 0. The first-order valence-electron chi connectivity index (χ1n) is 12.7.